The molecule has 0 aromatic heterocycles. The Morgan fingerprint density at radius 1 is 1.17 bits per heavy atom. The van der Waals surface area contributed by atoms with Crippen LogP contribution in [0.15, 0.2) is 12.1 Å². The highest BCUT2D eigenvalue weighted by Crippen LogP contribution is 2.28. The second kappa shape index (κ2) is 5.22. The molecule has 0 radical (unpaired) electrons. The second-order valence-electron chi connectivity index (χ2n) is 5.38. The number of rotatable bonds is 3. The molecule has 18 heavy (non-hydrogen) atoms. The van der Waals surface area contributed by atoms with Crippen molar-refractivity contribution in [1.82, 2.24) is 5.32 Å². The van der Waals surface area contributed by atoms with Crippen LogP contribution in [0.1, 0.15) is 44.6 Å². The number of hydrogen-bond donors (Lipinski definition) is 2. The Hall–Kier alpha value is -1.16. The van der Waals surface area contributed by atoms with E-state index in [2.05, 4.69) is 12.2 Å². The minimum atomic E-state index is -0.902. The van der Waals surface area contributed by atoms with Crippen molar-refractivity contribution in [2.45, 2.75) is 51.1 Å². The van der Waals surface area contributed by atoms with Gasteiger partial charge in [0.05, 0.1) is 0 Å². The zero-order chi connectivity index (χ0) is 13.2. The first-order valence-electron chi connectivity index (χ1n) is 6.42. The molecule has 2 nitrogen and oxygen atoms in total. The predicted octanol–water partition coefficient (Wildman–Crippen LogP) is 3.48. The van der Waals surface area contributed by atoms with Crippen LogP contribution in [0.25, 0.3) is 0 Å². The van der Waals surface area contributed by atoms with Gasteiger partial charge in [0, 0.05) is 12.1 Å². The van der Waals surface area contributed by atoms with E-state index in [1.165, 1.54) is 31.4 Å². The molecule has 2 rings (SSSR count). The zero-order valence-electron chi connectivity index (χ0n) is 10.6. The van der Waals surface area contributed by atoms with E-state index in [1.807, 2.05) is 0 Å². The number of phenols is 1. The van der Waals surface area contributed by atoms with Crippen LogP contribution in [0.4, 0.5) is 8.78 Å². The van der Waals surface area contributed by atoms with Gasteiger partial charge >= 0.3 is 0 Å². The van der Waals surface area contributed by atoms with Gasteiger partial charge in [-0.15, -0.1) is 0 Å². The number of phenolic OH excluding ortho intramolecular Hbond substituents is 1. The lowest BCUT2D eigenvalue weighted by Crippen LogP contribution is -2.43. The van der Waals surface area contributed by atoms with Gasteiger partial charge in [-0.2, -0.15) is 0 Å². The summed E-state index contributed by atoms with van der Waals surface area (Å²) in [7, 11) is 0. The van der Waals surface area contributed by atoms with E-state index < -0.39 is 17.4 Å². The number of hydrogen-bond acceptors (Lipinski definition) is 2. The minimum Gasteiger partial charge on any atom is -0.503 e. The molecule has 0 bridgehead atoms. The molecule has 0 heterocycles. The second-order valence-corrected chi connectivity index (χ2v) is 5.38. The molecule has 1 fully saturated rings. The Bertz CT molecular complexity index is 405. The number of benzene rings is 1. The topological polar surface area (TPSA) is 32.3 Å². The SMILES string of the molecule is CC1(NCc2cc(F)c(O)c(F)c2)CCCCC1. The monoisotopic (exact) mass is 255 g/mol. The van der Waals surface area contributed by atoms with Crippen LogP contribution in [0.3, 0.4) is 0 Å². The number of aromatic hydroxyl groups is 1. The van der Waals surface area contributed by atoms with Gasteiger partial charge in [-0.05, 0) is 37.5 Å². The molecule has 0 saturated heterocycles. The van der Waals surface area contributed by atoms with Crippen molar-refractivity contribution in [2.75, 3.05) is 0 Å². The molecule has 0 spiro atoms. The van der Waals surface area contributed by atoms with E-state index in [0.717, 1.165) is 12.8 Å². The first kappa shape index (κ1) is 13.3. The summed E-state index contributed by atoms with van der Waals surface area (Å²) in [6.45, 7) is 2.57. The van der Waals surface area contributed by atoms with Crippen LogP contribution in [0, 0.1) is 11.6 Å². The average Bonchev–Trinajstić information content (AvgIpc) is 2.34. The van der Waals surface area contributed by atoms with Crippen LogP contribution < -0.4 is 5.32 Å². The summed E-state index contributed by atoms with van der Waals surface area (Å²) in [6, 6.07) is 2.36. The standard InChI is InChI=1S/C14H19F2NO/c1-14(5-3-2-4-6-14)17-9-10-7-11(15)13(18)12(16)8-10/h7-8,17-18H,2-6,9H2,1H3. The van der Waals surface area contributed by atoms with Crippen LogP contribution in [-0.2, 0) is 6.54 Å². The maximum atomic E-state index is 13.2. The lowest BCUT2D eigenvalue weighted by atomic mass is 9.83. The fourth-order valence-corrected chi connectivity index (χ4v) is 2.54. The van der Waals surface area contributed by atoms with Crippen molar-refractivity contribution in [1.29, 1.82) is 0 Å². The van der Waals surface area contributed by atoms with Crippen LogP contribution >= 0.6 is 0 Å². The Kier molecular flexibility index (Phi) is 3.85. The summed E-state index contributed by atoms with van der Waals surface area (Å²) in [4.78, 5) is 0. The number of nitrogens with one attached hydrogen (secondary N) is 1. The quantitative estimate of drug-likeness (QED) is 0.866. The molecule has 1 saturated carbocycles. The molecule has 1 aromatic rings. The van der Waals surface area contributed by atoms with Crippen molar-refractivity contribution in [3.05, 3.63) is 29.3 Å². The lowest BCUT2D eigenvalue weighted by molar-refractivity contribution is 0.252. The number of halogens is 2. The summed E-state index contributed by atoms with van der Waals surface area (Å²) in [5, 5.41) is 12.4. The molecule has 0 aliphatic heterocycles. The summed E-state index contributed by atoms with van der Waals surface area (Å²) < 4.78 is 26.4. The van der Waals surface area contributed by atoms with Gasteiger partial charge in [0.2, 0.25) is 0 Å². The van der Waals surface area contributed by atoms with Crippen LogP contribution in [0.2, 0.25) is 0 Å². The van der Waals surface area contributed by atoms with Crippen LogP contribution in [-0.4, -0.2) is 10.6 Å². The first-order chi connectivity index (χ1) is 8.50. The maximum Gasteiger partial charge on any atom is 0.187 e. The predicted molar refractivity (Wildman–Crippen MR) is 66.4 cm³/mol. The molecule has 0 amide bonds. The largest absolute Gasteiger partial charge is 0.503 e. The molecular weight excluding hydrogens is 236 g/mol. The first-order valence-corrected chi connectivity index (χ1v) is 6.42. The van der Waals surface area contributed by atoms with E-state index in [4.69, 9.17) is 5.11 Å². The van der Waals surface area contributed by atoms with E-state index in [9.17, 15) is 8.78 Å². The van der Waals surface area contributed by atoms with Gasteiger partial charge < -0.3 is 10.4 Å². The van der Waals surface area contributed by atoms with Gasteiger partial charge in [0.25, 0.3) is 0 Å². The smallest absolute Gasteiger partial charge is 0.187 e. The Balaban J connectivity index is 2.01. The molecule has 1 aliphatic carbocycles. The zero-order valence-corrected chi connectivity index (χ0v) is 10.6. The molecule has 1 aliphatic rings. The highest BCUT2D eigenvalue weighted by atomic mass is 19.1. The molecular formula is C14H19F2NO. The van der Waals surface area contributed by atoms with Gasteiger partial charge in [0.1, 0.15) is 0 Å². The normalized spacial score (nSPS) is 18.8. The van der Waals surface area contributed by atoms with Crippen molar-refractivity contribution < 1.29 is 13.9 Å². The van der Waals surface area contributed by atoms with E-state index >= 15 is 0 Å². The average molecular weight is 255 g/mol. The maximum absolute atomic E-state index is 13.2. The molecule has 1 aromatic carbocycles. The Morgan fingerprint density at radius 3 is 2.28 bits per heavy atom. The summed E-state index contributed by atoms with van der Waals surface area (Å²) >= 11 is 0. The van der Waals surface area contributed by atoms with Gasteiger partial charge in [0.15, 0.2) is 17.4 Å². The van der Waals surface area contributed by atoms with Crippen molar-refractivity contribution in [3.63, 3.8) is 0 Å². The van der Waals surface area contributed by atoms with Crippen molar-refractivity contribution in [2.24, 2.45) is 0 Å². The molecule has 4 heteroatoms. The molecule has 0 unspecified atom stereocenters. The fraction of sp³-hybridized carbons (Fsp3) is 0.571. The van der Waals surface area contributed by atoms with Gasteiger partial charge in [-0.3, -0.25) is 0 Å². The minimum absolute atomic E-state index is 0.0586. The highest BCUT2D eigenvalue weighted by molar-refractivity contribution is 5.30. The van der Waals surface area contributed by atoms with Gasteiger partial charge in [-0.1, -0.05) is 19.3 Å². The van der Waals surface area contributed by atoms with E-state index in [0.29, 0.717) is 12.1 Å². The highest BCUT2D eigenvalue weighted by Gasteiger charge is 2.25. The summed E-state index contributed by atoms with van der Waals surface area (Å²) in [5.41, 5.74) is 0.581. The lowest BCUT2D eigenvalue weighted by Gasteiger charge is -2.34. The third-order valence-corrected chi connectivity index (χ3v) is 3.75. The molecule has 100 valence electrons. The molecule has 2 N–H and O–H groups in total. The summed E-state index contributed by atoms with van der Waals surface area (Å²) in [6.07, 6.45) is 5.84. The molecule has 0 atom stereocenters. The summed E-state index contributed by atoms with van der Waals surface area (Å²) in [5.74, 6) is -2.70. The third kappa shape index (κ3) is 2.99. The van der Waals surface area contributed by atoms with Gasteiger partial charge in [-0.25, -0.2) is 8.78 Å². The Labute approximate surface area is 106 Å². The fourth-order valence-electron chi connectivity index (χ4n) is 2.54. The van der Waals surface area contributed by atoms with Crippen LogP contribution in [0.5, 0.6) is 5.75 Å². The Morgan fingerprint density at radius 2 is 1.72 bits per heavy atom. The third-order valence-electron chi connectivity index (χ3n) is 3.75. The van der Waals surface area contributed by atoms with E-state index in [-0.39, 0.29) is 5.54 Å². The van der Waals surface area contributed by atoms with E-state index in [1.54, 1.807) is 0 Å². The van der Waals surface area contributed by atoms with Crippen molar-refractivity contribution >= 4 is 0 Å². The van der Waals surface area contributed by atoms with Crippen molar-refractivity contribution in [3.8, 4) is 5.75 Å².